The van der Waals surface area contributed by atoms with E-state index in [1.807, 2.05) is 6.07 Å². The van der Waals surface area contributed by atoms with Crippen LogP contribution < -0.4 is 5.73 Å². The van der Waals surface area contributed by atoms with Crippen LogP contribution >= 0.6 is 0 Å². The molecule has 0 heterocycles. The first-order valence-corrected chi connectivity index (χ1v) is 8.98. The molecule has 0 bridgehead atoms. The van der Waals surface area contributed by atoms with Gasteiger partial charge in [-0.1, -0.05) is 37.3 Å². The molecule has 0 radical (unpaired) electrons. The lowest BCUT2D eigenvalue weighted by molar-refractivity contribution is 0.0495. The molecule has 0 aliphatic rings. The average Bonchev–Trinajstić information content (AvgIpc) is 2.65. The van der Waals surface area contributed by atoms with Crippen molar-refractivity contribution in [2.45, 2.75) is 26.2 Å². The van der Waals surface area contributed by atoms with Gasteiger partial charge in [-0.05, 0) is 62.2 Å². The largest absolute Gasteiger partial charge is 0.462 e. The standard InChI is InChI=1S/C21H28N2O2/c1-2-23(16-14-18-8-4-3-5-9-18)15-6-7-17-25-21(24)19-10-12-20(22)13-11-19/h3-5,8-13H,2,6-7,14-17,22H2,1H3. The monoisotopic (exact) mass is 340 g/mol. The zero-order valence-corrected chi connectivity index (χ0v) is 15.0. The maximum Gasteiger partial charge on any atom is 0.338 e. The van der Waals surface area contributed by atoms with E-state index in [0.29, 0.717) is 17.9 Å². The molecular formula is C21H28N2O2. The minimum atomic E-state index is -0.281. The number of ether oxygens (including phenoxy) is 1. The van der Waals surface area contributed by atoms with E-state index >= 15 is 0 Å². The van der Waals surface area contributed by atoms with E-state index in [4.69, 9.17) is 10.5 Å². The number of carbonyl (C=O) groups excluding carboxylic acids is 1. The van der Waals surface area contributed by atoms with Crippen LogP contribution in [-0.2, 0) is 11.2 Å². The first-order chi connectivity index (χ1) is 12.2. The van der Waals surface area contributed by atoms with Crippen molar-refractivity contribution in [1.29, 1.82) is 0 Å². The molecule has 2 aromatic carbocycles. The van der Waals surface area contributed by atoms with Crippen LogP contribution in [0.2, 0.25) is 0 Å². The van der Waals surface area contributed by atoms with Gasteiger partial charge in [0.1, 0.15) is 0 Å². The minimum absolute atomic E-state index is 0.281. The van der Waals surface area contributed by atoms with Gasteiger partial charge in [-0.2, -0.15) is 0 Å². The van der Waals surface area contributed by atoms with Crippen LogP contribution in [0.25, 0.3) is 0 Å². The van der Waals surface area contributed by atoms with Crippen molar-refractivity contribution >= 4 is 11.7 Å². The number of unbranched alkanes of at least 4 members (excludes halogenated alkanes) is 1. The van der Waals surface area contributed by atoms with Crippen molar-refractivity contribution in [3.63, 3.8) is 0 Å². The summed E-state index contributed by atoms with van der Waals surface area (Å²) in [6.45, 7) is 5.78. The Morgan fingerprint density at radius 1 is 1.00 bits per heavy atom. The van der Waals surface area contributed by atoms with Crippen LogP contribution in [-0.4, -0.2) is 37.1 Å². The third kappa shape index (κ3) is 6.98. The lowest BCUT2D eigenvalue weighted by Gasteiger charge is -2.20. The topological polar surface area (TPSA) is 55.6 Å². The summed E-state index contributed by atoms with van der Waals surface area (Å²) in [7, 11) is 0. The molecule has 134 valence electrons. The molecule has 0 spiro atoms. The van der Waals surface area contributed by atoms with Gasteiger partial charge in [0.2, 0.25) is 0 Å². The van der Waals surface area contributed by atoms with E-state index < -0.39 is 0 Å². The Morgan fingerprint density at radius 2 is 1.72 bits per heavy atom. The van der Waals surface area contributed by atoms with Crippen molar-refractivity contribution in [1.82, 2.24) is 4.90 Å². The normalized spacial score (nSPS) is 10.8. The van der Waals surface area contributed by atoms with Crippen molar-refractivity contribution in [3.05, 3.63) is 65.7 Å². The Hall–Kier alpha value is -2.33. The van der Waals surface area contributed by atoms with Crippen LogP contribution in [0.3, 0.4) is 0 Å². The number of anilines is 1. The summed E-state index contributed by atoms with van der Waals surface area (Å²) in [4.78, 5) is 14.3. The highest BCUT2D eigenvalue weighted by atomic mass is 16.5. The Kier molecular flexibility index (Phi) is 7.99. The number of carbonyl (C=O) groups is 1. The van der Waals surface area contributed by atoms with Gasteiger partial charge < -0.3 is 15.4 Å². The number of likely N-dealkylation sites (N-methyl/N-ethyl adjacent to an activating group) is 1. The van der Waals surface area contributed by atoms with Crippen LogP contribution in [0.4, 0.5) is 5.69 Å². The van der Waals surface area contributed by atoms with E-state index in [-0.39, 0.29) is 5.97 Å². The number of rotatable bonds is 10. The van der Waals surface area contributed by atoms with Crippen LogP contribution in [0.1, 0.15) is 35.7 Å². The Balaban J connectivity index is 1.60. The molecule has 0 aromatic heterocycles. The SMILES string of the molecule is CCN(CCCCOC(=O)c1ccc(N)cc1)CCc1ccccc1. The van der Waals surface area contributed by atoms with Crippen LogP contribution in [0.15, 0.2) is 54.6 Å². The molecule has 0 fully saturated rings. The number of benzene rings is 2. The zero-order valence-electron chi connectivity index (χ0n) is 15.0. The molecule has 0 saturated carbocycles. The summed E-state index contributed by atoms with van der Waals surface area (Å²) in [5, 5.41) is 0. The van der Waals surface area contributed by atoms with Gasteiger partial charge in [0.05, 0.1) is 12.2 Å². The Morgan fingerprint density at radius 3 is 2.40 bits per heavy atom. The van der Waals surface area contributed by atoms with Gasteiger partial charge in [0, 0.05) is 12.2 Å². The number of nitrogens with zero attached hydrogens (tertiary/aromatic N) is 1. The van der Waals surface area contributed by atoms with Crippen molar-refractivity contribution in [2.24, 2.45) is 0 Å². The highest BCUT2D eigenvalue weighted by Gasteiger charge is 2.07. The molecule has 2 N–H and O–H groups in total. The first-order valence-electron chi connectivity index (χ1n) is 8.98. The first kappa shape index (κ1) is 19.0. The van der Waals surface area contributed by atoms with E-state index in [0.717, 1.165) is 38.9 Å². The second-order valence-electron chi connectivity index (χ2n) is 6.13. The summed E-state index contributed by atoms with van der Waals surface area (Å²) >= 11 is 0. The van der Waals surface area contributed by atoms with Gasteiger partial charge in [-0.25, -0.2) is 4.79 Å². The molecule has 0 saturated heterocycles. The highest BCUT2D eigenvalue weighted by molar-refractivity contribution is 5.89. The van der Waals surface area contributed by atoms with E-state index in [1.54, 1.807) is 24.3 Å². The summed E-state index contributed by atoms with van der Waals surface area (Å²) in [5.74, 6) is -0.281. The van der Waals surface area contributed by atoms with Crippen molar-refractivity contribution < 1.29 is 9.53 Å². The molecule has 0 amide bonds. The number of esters is 1. The van der Waals surface area contributed by atoms with Gasteiger partial charge in [0.25, 0.3) is 0 Å². The molecular weight excluding hydrogens is 312 g/mol. The van der Waals surface area contributed by atoms with Crippen LogP contribution in [0.5, 0.6) is 0 Å². The van der Waals surface area contributed by atoms with Crippen LogP contribution in [0, 0.1) is 0 Å². The van der Waals surface area contributed by atoms with E-state index in [2.05, 4.69) is 36.1 Å². The summed E-state index contributed by atoms with van der Waals surface area (Å²) in [6, 6.07) is 17.4. The van der Waals surface area contributed by atoms with Gasteiger partial charge in [0.15, 0.2) is 0 Å². The zero-order chi connectivity index (χ0) is 17.9. The maximum atomic E-state index is 11.9. The smallest absolute Gasteiger partial charge is 0.338 e. The summed E-state index contributed by atoms with van der Waals surface area (Å²) < 4.78 is 5.31. The molecule has 4 heteroatoms. The van der Waals surface area contributed by atoms with E-state index in [9.17, 15) is 4.79 Å². The second kappa shape index (κ2) is 10.5. The Bertz CT molecular complexity index is 626. The number of hydrogen-bond donors (Lipinski definition) is 1. The second-order valence-corrected chi connectivity index (χ2v) is 6.13. The number of hydrogen-bond acceptors (Lipinski definition) is 4. The summed E-state index contributed by atoms with van der Waals surface area (Å²) in [5.41, 5.74) is 8.18. The predicted molar refractivity (Wildman–Crippen MR) is 103 cm³/mol. The van der Waals surface area contributed by atoms with Gasteiger partial charge in [-0.3, -0.25) is 0 Å². The lowest BCUT2D eigenvalue weighted by atomic mass is 10.1. The lowest BCUT2D eigenvalue weighted by Crippen LogP contribution is -2.27. The number of nitrogens with two attached hydrogens (primary N) is 1. The summed E-state index contributed by atoms with van der Waals surface area (Å²) in [6.07, 6.45) is 2.97. The van der Waals surface area contributed by atoms with Crippen molar-refractivity contribution in [2.75, 3.05) is 32.0 Å². The minimum Gasteiger partial charge on any atom is -0.462 e. The molecule has 0 unspecified atom stereocenters. The maximum absolute atomic E-state index is 11.9. The highest BCUT2D eigenvalue weighted by Crippen LogP contribution is 2.08. The molecule has 2 aromatic rings. The van der Waals surface area contributed by atoms with E-state index in [1.165, 1.54) is 5.56 Å². The predicted octanol–water partition coefficient (Wildman–Crippen LogP) is 3.77. The fraction of sp³-hybridized carbons (Fsp3) is 0.381. The Labute approximate surface area is 150 Å². The molecule has 2 rings (SSSR count). The molecule has 0 aliphatic carbocycles. The van der Waals surface area contributed by atoms with Crippen molar-refractivity contribution in [3.8, 4) is 0 Å². The third-order valence-corrected chi connectivity index (χ3v) is 4.25. The van der Waals surface area contributed by atoms with Gasteiger partial charge >= 0.3 is 5.97 Å². The molecule has 4 nitrogen and oxygen atoms in total. The molecule has 0 atom stereocenters. The molecule has 0 aliphatic heterocycles. The number of nitrogen functional groups attached to an aromatic ring is 1. The molecule has 25 heavy (non-hydrogen) atoms. The fourth-order valence-electron chi connectivity index (χ4n) is 2.66. The third-order valence-electron chi connectivity index (χ3n) is 4.25. The van der Waals surface area contributed by atoms with Gasteiger partial charge in [-0.15, -0.1) is 0 Å². The quantitative estimate of drug-likeness (QED) is 0.406. The fourth-order valence-corrected chi connectivity index (χ4v) is 2.66. The average molecular weight is 340 g/mol.